The van der Waals surface area contributed by atoms with E-state index in [1.165, 1.54) is 5.56 Å². The molecule has 2 rings (SSSR count). The zero-order valence-corrected chi connectivity index (χ0v) is 11.0. The quantitative estimate of drug-likeness (QED) is 0.835. The van der Waals surface area contributed by atoms with Crippen LogP contribution in [0.25, 0.3) is 0 Å². The summed E-state index contributed by atoms with van der Waals surface area (Å²) in [5.74, 6) is 0.0469. The van der Waals surface area contributed by atoms with Crippen LogP contribution in [0.5, 0.6) is 0 Å². The molecule has 1 aromatic heterocycles. The monoisotopic (exact) mass is 252 g/mol. The van der Waals surface area contributed by atoms with Gasteiger partial charge in [-0.05, 0) is 41.7 Å². The number of rotatable bonds is 4. The van der Waals surface area contributed by atoms with Crippen molar-refractivity contribution in [2.75, 3.05) is 0 Å². The third kappa shape index (κ3) is 3.39. The van der Waals surface area contributed by atoms with Crippen molar-refractivity contribution in [2.24, 2.45) is 0 Å². The molecule has 0 saturated heterocycles. The summed E-state index contributed by atoms with van der Waals surface area (Å²) in [6, 6.07) is 2.05. The number of carbonyl (C=O) groups is 1. The van der Waals surface area contributed by atoms with Gasteiger partial charge in [-0.25, -0.2) is 0 Å². The van der Waals surface area contributed by atoms with Gasteiger partial charge in [-0.1, -0.05) is 25.7 Å². The zero-order valence-electron chi connectivity index (χ0n) is 10.2. The van der Waals surface area contributed by atoms with Crippen molar-refractivity contribution >= 4 is 17.1 Å². The summed E-state index contributed by atoms with van der Waals surface area (Å²) in [5.41, 5.74) is 0.188. The highest BCUT2D eigenvalue weighted by atomic mass is 32.1. The highest BCUT2D eigenvalue weighted by Gasteiger charge is 2.34. The smallest absolute Gasteiger partial charge is 0.164 e. The molecule has 0 unspecified atom stereocenters. The van der Waals surface area contributed by atoms with Gasteiger partial charge in [0.1, 0.15) is 5.60 Å². The van der Waals surface area contributed by atoms with Crippen molar-refractivity contribution in [1.82, 2.24) is 0 Å². The van der Waals surface area contributed by atoms with Gasteiger partial charge in [-0.2, -0.15) is 11.3 Å². The average Bonchev–Trinajstić information content (AvgIpc) is 2.74. The Morgan fingerprint density at radius 2 is 2.00 bits per heavy atom. The Morgan fingerprint density at radius 3 is 2.59 bits per heavy atom. The predicted molar refractivity (Wildman–Crippen MR) is 70.3 cm³/mol. The van der Waals surface area contributed by atoms with Crippen molar-refractivity contribution in [2.45, 2.75) is 57.0 Å². The standard InChI is InChI=1S/C14H20O2S/c15-13(6-5-12-7-10-17-11-12)14(16)8-3-1-2-4-9-14/h7,10-11,16H,1-6,8-9H2. The van der Waals surface area contributed by atoms with Gasteiger partial charge in [0.25, 0.3) is 0 Å². The molecule has 0 radical (unpaired) electrons. The number of Topliss-reactive ketones (excluding diaryl/α,β-unsaturated/α-hetero) is 1. The van der Waals surface area contributed by atoms with Crippen molar-refractivity contribution in [3.05, 3.63) is 22.4 Å². The SMILES string of the molecule is O=C(CCc1ccsc1)C1(O)CCCCCC1. The summed E-state index contributed by atoms with van der Waals surface area (Å²) in [5, 5.41) is 14.5. The molecule has 1 aliphatic carbocycles. The van der Waals surface area contributed by atoms with Crippen LogP contribution in [0.3, 0.4) is 0 Å². The lowest BCUT2D eigenvalue weighted by atomic mass is 9.87. The second-order valence-corrected chi connectivity index (χ2v) is 5.78. The van der Waals surface area contributed by atoms with E-state index in [1.807, 2.05) is 5.38 Å². The minimum absolute atomic E-state index is 0.0469. The number of aliphatic hydroxyl groups is 1. The van der Waals surface area contributed by atoms with Crippen LogP contribution < -0.4 is 0 Å². The topological polar surface area (TPSA) is 37.3 Å². The molecular formula is C14H20O2S. The fraction of sp³-hybridized carbons (Fsp3) is 0.643. The Labute approximate surface area is 107 Å². The maximum Gasteiger partial charge on any atom is 0.164 e. The van der Waals surface area contributed by atoms with Gasteiger partial charge in [0.05, 0.1) is 0 Å². The van der Waals surface area contributed by atoms with E-state index >= 15 is 0 Å². The second kappa shape index (κ2) is 5.78. The average molecular weight is 252 g/mol. The van der Waals surface area contributed by atoms with Gasteiger partial charge in [0, 0.05) is 6.42 Å². The van der Waals surface area contributed by atoms with Crippen molar-refractivity contribution in [3.8, 4) is 0 Å². The molecule has 1 fully saturated rings. The molecule has 0 aromatic carbocycles. The lowest BCUT2D eigenvalue weighted by Crippen LogP contribution is -2.38. The first-order chi connectivity index (χ1) is 8.21. The lowest BCUT2D eigenvalue weighted by molar-refractivity contribution is -0.138. The van der Waals surface area contributed by atoms with Crippen LogP contribution in [0.4, 0.5) is 0 Å². The Bertz CT molecular complexity index is 348. The summed E-state index contributed by atoms with van der Waals surface area (Å²) in [6.45, 7) is 0. The molecule has 3 heteroatoms. The van der Waals surface area contributed by atoms with Crippen LogP contribution in [0.1, 0.15) is 50.5 Å². The molecule has 2 nitrogen and oxygen atoms in total. The van der Waals surface area contributed by atoms with Crippen molar-refractivity contribution < 1.29 is 9.90 Å². The molecule has 1 saturated carbocycles. The highest BCUT2D eigenvalue weighted by molar-refractivity contribution is 7.07. The fourth-order valence-corrected chi connectivity index (χ4v) is 3.22. The van der Waals surface area contributed by atoms with Crippen LogP contribution in [0.2, 0.25) is 0 Å². The molecule has 1 aliphatic rings. The Kier molecular flexibility index (Phi) is 4.35. The first kappa shape index (κ1) is 12.8. The number of hydrogen-bond donors (Lipinski definition) is 1. The summed E-state index contributed by atoms with van der Waals surface area (Å²) in [4.78, 5) is 12.1. The molecule has 1 heterocycles. The number of aryl methyl sites for hydroxylation is 1. The lowest BCUT2D eigenvalue weighted by Gasteiger charge is -2.24. The molecule has 1 N–H and O–H groups in total. The normalized spacial score (nSPS) is 19.8. The molecular weight excluding hydrogens is 232 g/mol. The van der Waals surface area contributed by atoms with Gasteiger partial charge < -0.3 is 5.11 Å². The second-order valence-electron chi connectivity index (χ2n) is 5.00. The Balaban J connectivity index is 1.89. The first-order valence-electron chi connectivity index (χ1n) is 6.47. The largest absolute Gasteiger partial charge is 0.382 e. The minimum atomic E-state index is -1.02. The molecule has 0 amide bonds. The Morgan fingerprint density at radius 1 is 1.29 bits per heavy atom. The van der Waals surface area contributed by atoms with E-state index in [4.69, 9.17) is 0 Å². The minimum Gasteiger partial charge on any atom is -0.382 e. The van der Waals surface area contributed by atoms with Crippen LogP contribution in [0, 0.1) is 0 Å². The third-order valence-electron chi connectivity index (χ3n) is 3.67. The van der Waals surface area contributed by atoms with Gasteiger partial charge >= 0.3 is 0 Å². The maximum absolute atomic E-state index is 12.1. The van der Waals surface area contributed by atoms with E-state index in [2.05, 4.69) is 11.4 Å². The van der Waals surface area contributed by atoms with Crippen LogP contribution >= 0.6 is 11.3 Å². The van der Waals surface area contributed by atoms with Crippen LogP contribution in [-0.2, 0) is 11.2 Å². The van der Waals surface area contributed by atoms with Gasteiger partial charge in [-0.15, -0.1) is 0 Å². The molecule has 1 aromatic rings. The van der Waals surface area contributed by atoms with E-state index in [1.54, 1.807) is 11.3 Å². The van der Waals surface area contributed by atoms with Gasteiger partial charge in [-0.3, -0.25) is 4.79 Å². The molecule has 0 spiro atoms. The van der Waals surface area contributed by atoms with E-state index in [-0.39, 0.29) is 5.78 Å². The molecule has 94 valence electrons. The number of hydrogen-bond acceptors (Lipinski definition) is 3. The summed E-state index contributed by atoms with van der Waals surface area (Å²) < 4.78 is 0. The molecule has 0 bridgehead atoms. The predicted octanol–water partition coefficient (Wildman–Crippen LogP) is 3.34. The van der Waals surface area contributed by atoms with Crippen LogP contribution in [-0.4, -0.2) is 16.5 Å². The van der Waals surface area contributed by atoms with Crippen LogP contribution in [0.15, 0.2) is 16.8 Å². The molecule has 17 heavy (non-hydrogen) atoms. The summed E-state index contributed by atoms with van der Waals surface area (Å²) in [6.07, 6.45) is 6.85. The van der Waals surface area contributed by atoms with Gasteiger partial charge in [0.15, 0.2) is 5.78 Å². The van der Waals surface area contributed by atoms with E-state index in [9.17, 15) is 9.90 Å². The number of thiophene rings is 1. The van der Waals surface area contributed by atoms with Crippen molar-refractivity contribution in [3.63, 3.8) is 0 Å². The zero-order chi connectivity index (χ0) is 12.1. The van der Waals surface area contributed by atoms with E-state index in [0.29, 0.717) is 19.3 Å². The van der Waals surface area contributed by atoms with Crippen molar-refractivity contribution in [1.29, 1.82) is 0 Å². The number of ketones is 1. The van der Waals surface area contributed by atoms with Gasteiger partial charge in [0.2, 0.25) is 0 Å². The number of carbonyl (C=O) groups excluding carboxylic acids is 1. The highest BCUT2D eigenvalue weighted by Crippen LogP contribution is 2.29. The first-order valence-corrected chi connectivity index (χ1v) is 7.42. The maximum atomic E-state index is 12.1. The molecule has 0 atom stereocenters. The van der Waals surface area contributed by atoms with E-state index in [0.717, 1.165) is 32.1 Å². The Hall–Kier alpha value is -0.670. The van der Waals surface area contributed by atoms with E-state index < -0.39 is 5.60 Å². The summed E-state index contributed by atoms with van der Waals surface area (Å²) in [7, 11) is 0. The fourth-order valence-electron chi connectivity index (χ4n) is 2.52. The summed E-state index contributed by atoms with van der Waals surface area (Å²) >= 11 is 1.66. The molecule has 0 aliphatic heterocycles. The third-order valence-corrected chi connectivity index (χ3v) is 4.40.